The zero-order valence-corrected chi connectivity index (χ0v) is 21.0. The molecule has 1 aromatic heterocycles. The maximum absolute atomic E-state index is 13.3. The number of nitrogens with zero attached hydrogens (tertiary/aromatic N) is 3. The number of aromatic hydroxyl groups is 1. The number of ether oxygens (including phenoxy) is 1. The highest BCUT2D eigenvalue weighted by Crippen LogP contribution is 2.43. The van der Waals surface area contributed by atoms with Crippen LogP contribution in [0.2, 0.25) is 0 Å². The molecule has 12 nitrogen and oxygen atoms in total. The van der Waals surface area contributed by atoms with Gasteiger partial charge in [-0.15, -0.1) is 0 Å². The first-order valence-electron chi connectivity index (χ1n) is 12.6. The molecule has 1 saturated carbocycles. The molecule has 2 aliphatic heterocycles. The van der Waals surface area contributed by atoms with E-state index in [-0.39, 0.29) is 29.9 Å². The van der Waals surface area contributed by atoms with Gasteiger partial charge in [0, 0.05) is 25.7 Å². The molecule has 5 N–H and O–H groups in total. The molecule has 1 spiro atoms. The van der Waals surface area contributed by atoms with Crippen LogP contribution in [0, 0.1) is 10.8 Å². The Morgan fingerprint density at radius 1 is 1.22 bits per heavy atom. The number of carbonyl (C=O) groups excluding carboxylic acids is 2. The lowest BCUT2D eigenvalue weighted by Crippen LogP contribution is -2.65. The number of amidine groups is 1. The maximum Gasteiger partial charge on any atom is 0.334 e. The number of hydrogen-bond acceptors (Lipinski definition) is 7. The molecule has 0 aromatic carbocycles. The summed E-state index contributed by atoms with van der Waals surface area (Å²) >= 11 is 0. The van der Waals surface area contributed by atoms with Gasteiger partial charge in [-0.25, -0.2) is 9.59 Å². The third-order valence-electron chi connectivity index (χ3n) is 8.06. The van der Waals surface area contributed by atoms with Crippen LogP contribution >= 0.6 is 0 Å². The number of carbonyl (C=O) groups is 2. The van der Waals surface area contributed by atoms with Gasteiger partial charge in [0.2, 0.25) is 11.8 Å². The summed E-state index contributed by atoms with van der Waals surface area (Å²) < 4.78 is 7.85. The Morgan fingerprint density at radius 2 is 1.92 bits per heavy atom. The van der Waals surface area contributed by atoms with E-state index in [1.54, 1.807) is 4.90 Å². The predicted molar refractivity (Wildman–Crippen MR) is 131 cm³/mol. The Bertz CT molecular complexity index is 1170. The molecule has 12 heteroatoms. The fourth-order valence-corrected chi connectivity index (χ4v) is 5.86. The number of imide groups is 1. The molecular formula is C24H36N6O6. The van der Waals surface area contributed by atoms with Gasteiger partial charge in [-0.3, -0.25) is 29.4 Å². The van der Waals surface area contributed by atoms with E-state index in [4.69, 9.17) is 15.9 Å². The van der Waals surface area contributed by atoms with E-state index < -0.39 is 40.6 Å². The van der Waals surface area contributed by atoms with Crippen LogP contribution in [-0.2, 0) is 16.1 Å². The molecule has 3 amide bonds. The summed E-state index contributed by atoms with van der Waals surface area (Å²) in [6.45, 7) is 5.52. The summed E-state index contributed by atoms with van der Waals surface area (Å²) in [6, 6.07) is -0.815. The normalized spacial score (nSPS) is 28.5. The first kappa shape index (κ1) is 25.9. The van der Waals surface area contributed by atoms with Crippen molar-refractivity contribution in [2.45, 2.75) is 83.3 Å². The molecule has 36 heavy (non-hydrogen) atoms. The van der Waals surface area contributed by atoms with Crippen LogP contribution in [0.5, 0.6) is 5.88 Å². The van der Waals surface area contributed by atoms with Crippen molar-refractivity contribution in [1.29, 1.82) is 5.41 Å². The number of rotatable bonds is 7. The van der Waals surface area contributed by atoms with Gasteiger partial charge in [0.05, 0.1) is 18.6 Å². The third-order valence-corrected chi connectivity index (χ3v) is 8.06. The van der Waals surface area contributed by atoms with Crippen molar-refractivity contribution in [2.24, 2.45) is 11.1 Å². The zero-order valence-electron chi connectivity index (χ0n) is 21.0. The minimum atomic E-state index is -0.748. The van der Waals surface area contributed by atoms with Crippen LogP contribution in [-0.4, -0.2) is 62.2 Å². The van der Waals surface area contributed by atoms with Gasteiger partial charge < -0.3 is 20.5 Å². The van der Waals surface area contributed by atoms with E-state index in [9.17, 15) is 24.3 Å². The van der Waals surface area contributed by atoms with Crippen molar-refractivity contribution >= 4 is 17.8 Å². The monoisotopic (exact) mass is 504 g/mol. The average molecular weight is 505 g/mol. The highest BCUT2D eigenvalue weighted by molar-refractivity contribution is 5.98. The second-order valence-electron chi connectivity index (χ2n) is 10.8. The number of nitrogens with two attached hydrogens (primary N) is 1. The number of nitrogens with one attached hydrogen (secondary N) is 2. The molecule has 0 bridgehead atoms. The molecular weight excluding hydrogens is 468 g/mol. The SMILES string of the molecule is CCCCn1c(O)c(C(=N)N)c(=O)n(C2CCC(C)(CN3C(=O)NC(=O)C[C@@]34CCOC4)CC2)c1=O. The number of hydrogen-bond donors (Lipinski definition) is 4. The molecule has 3 heterocycles. The summed E-state index contributed by atoms with van der Waals surface area (Å²) in [4.78, 5) is 53.1. The Kier molecular flexibility index (Phi) is 7.00. The predicted octanol–water partition coefficient (Wildman–Crippen LogP) is 1.02. The fraction of sp³-hybridized carbons (Fsp3) is 0.708. The fourth-order valence-electron chi connectivity index (χ4n) is 5.86. The van der Waals surface area contributed by atoms with E-state index in [1.165, 1.54) is 0 Å². The Labute approximate surface area is 208 Å². The van der Waals surface area contributed by atoms with E-state index in [1.807, 2.05) is 6.92 Å². The van der Waals surface area contributed by atoms with E-state index in [0.29, 0.717) is 58.3 Å². The van der Waals surface area contributed by atoms with Crippen LogP contribution in [0.4, 0.5) is 4.79 Å². The summed E-state index contributed by atoms with van der Waals surface area (Å²) in [5, 5.41) is 20.8. The summed E-state index contributed by atoms with van der Waals surface area (Å²) in [5.74, 6) is -1.42. The maximum atomic E-state index is 13.3. The topological polar surface area (TPSA) is 173 Å². The van der Waals surface area contributed by atoms with Gasteiger partial charge in [-0.05, 0) is 43.9 Å². The number of amides is 3. The highest BCUT2D eigenvalue weighted by Gasteiger charge is 2.50. The van der Waals surface area contributed by atoms with Crippen molar-refractivity contribution in [1.82, 2.24) is 19.4 Å². The Balaban J connectivity index is 1.58. The minimum absolute atomic E-state index is 0.214. The molecule has 1 aliphatic carbocycles. The highest BCUT2D eigenvalue weighted by atomic mass is 16.5. The van der Waals surface area contributed by atoms with E-state index in [0.717, 1.165) is 15.6 Å². The van der Waals surface area contributed by atoms with Gasteiger partial charge in [0.1, 0.15) is 11.4 Å². The number of unbranched alkanes of at least 4 members (excludes halogenated alkanes) is 1. The van der Waals surface area contributed by atoms with Crippen molar-refractivity contribution in [3.8, 4) is 5.88 Å². The lowest BCUT2D eigenvalue weighted by atomic mass is 9.72. The quantitative estimate of drug-likeness (QED) is 0.317. The molecule has 3 fully saturated rings. The van der Waals surface area contributed by atoms with Crippen molar-refractivity contribution in [3.63, 3.8) is 0 Å². The lowest BCUT2D eigenvalue weighted by molar-refractivity contribution is -0.126. The van der Waals surface area contributed by atoms with Gasteiger partial charge in [-0.2, -0.15) is 0 Å². The van der Waals surface area contributed by atoms with Crippen molar-refractivity contribution in [2.75, 3.05) is 19.8 Å². The standard InChI is InChI=1S/C24H36N6O6/c1-3-4-10-28-19(32)17(18(25)26)20(33)30(22(28)35)15-5-7-23(2,8-6-15)13-29-21(34)27-16(31)12-24(29)9-11-36-14-24/h15,32H,3-14H2,1-2H3,(H3,25,26)(H,27,31,34)/t15?,23?,24-/m1/s1. The number of aromatic nitrogens is 2. The first-order valence-corrected chi connectivity index (χ1v) is 12.6. The second-order valence-corrected chi connectivity index (χ2v) is 10.8. The van der Waals surface area contributed by atoms with Crippen LogP contribution < -0.4 is 22.3 Å². The Hall–Kier alpha value is -3.15. The molecule has 0 radical (unpaired) electrons. The molecule has 3 aliphatic rings. The molecule has 1 atom stereocenters. The second kappa shape index (κ2) is 9.72. The van der Waals surface area contributed by atoms with Gasteiger partial charge >= 0.3 is 11.7 Å². The zero-order chi connectivity index (χ0) is 26.3. The Morgan fingerprint density at radius 3 is 2.50 bits per heavy atom. The molecule has 4 rings (SSSR count). The molecule has 1 aromatic rings. The summed E-state index contributed by atoms with van der Waals surface area (Å²) in [6.07, 6.45) is 4.54. The van der Waals surface area contributed by atoms with Crippen LogP contribution in [0.15, 0.2) is 9.59 Å². The van der Waals surface area contributed by atoms with Crippen LogP contribution in [0.3, 0.4) is 0 Å². The number of nitrogen functional groups attached to an aromatic ring is 1. The lowest BCUT2D eigenvalue weighted by Gasteiger charge is -2.48. The molecule has 0 unspecified atom stereocenters. The van der Waals surface area contributed by atoms with Crippen LogP contribution in [0.1, 0.15) is 76.8 Å². The van der Waals surface area contributed by atoms with Gasteiger partial charge in [-0.1, -0.05) is 20.3 Å². The van der Waals surface area contributed by atoms with Gasteiger partial charge in [0.15, 0.2) is 0 Å². The van der Waals surface area contributed by atoms with Crippen molar-refractivity contribution in [3.05, 3.63) is 26.4 Å². The van der Waals surface area contributed by atoms with Gasteiger partial charge in [0.25, 0.3) is 5.56 Å². The third kappa shape index (κ3) is 4.54. The average Bonchev–Trinajstić information content (AvgIpc) is 3.26. The van der Waals surface area contributed by atoms with Crippen LogP contribution in [0.25, 0.3) is 0 Å². The molecule has 198 valence electrons. The van der Waals surface area contributed by atoms with E-state index in [2.05, 4.69) is 12.2 Å². The largest absolute Gasteiger partial charge is 0.494 e. The minimum Gasteiger partial charge on any atom is -0.494 e. The summed E-state index contributed by atoms with van der Waals surface area (Å²) in [7, 11) is 0. The molecule has 2 saturated heterocycles. The van der Waals surface area contributed by atoms with Crippen molar-refractivity contribution < 1.29 is 19.4 Å². The number of urea groups is 1. The van der Waals surface area contributed by atoms with E-state index >= 15 is 0 Å². The smallest absolute Gasteiger partial charge is 0.334 e. The first-order chi connectivity index (χ1) is 17.0. The summed E-state index contributed by atoms with van der Waals surface area (Å²) in [5.41, 5.74) is 3.00.